The van der Waals surface area contributed by atoms with Crippen LogP contribution in [0.2, 0.25) is 0 Å². The number of halogens is 1. The first kappa shape index (κ1) is 18.3. The van der Waals surface area contributed by atoms with Crippen molar-refractivity contribution in [1.82, 2.24) is 4.72 Å². The molecule has 0 fully saturated rings. The first-order valence-corrected chi connectivity index (χ1v) is 9.67. The summed E-state index contributed by atoms with van der Waals surface area (Å²) in [5.41, 5.74) is -1.12. The van der Waals surface area contributed by atoms with Gasteiger partial charge >= 0.3 is 0 Å². The first-order chi connectivity index (χ1) is 9.11. The molecule has 0 bridgehead atoms. The maximum absolute atomic E-state index is 12.4. The molecule has 20 heavy (non-hydrogen) atoms. The van der Waals surface area contributed by atoms with Crippen LogP contribution in [0.25, 0.3) is 0 Å². The Hall–Kier alpha value is 0.250. The van der Waals surface area contributed by atoms with Crippen LogP contribution in [0.1, 0.15) is 47.0 Å². The molecular formula is C13H24ClNO3S2. The minimum Gasteiger partial charge on any atom is -0.389 e. The summed E-state index contributed by atoms with van der Waals surface area (Å²) in [6.07, 6.45) is 3.79. The molecule has 0 aromatic heterocycles. The van der Waals surface area contributed by atoms with Crippen molar-refractivity contribution in [1.29, 1.82) is 0 Å². The molecule has 0 aromatic carbocycles. The van der Waals surface area contributed by atoms with E-state index in [0.29, 0.717) is 6.42 Å². The van der Waals surface area contributed by atoms with Gasteiger partial charge in [0.05, 0.1) is 16.4 Å². The lowest BCUT2D eigenvalue weighted by molar-refractivity contribution is 0.0217. The van der Waals surface area contributed by atoms with Gasteiger partial charge in [0.2, 0.25) is 10.0 Å². The molecule has 4 nitrogen and oxygen atoms in total. The molecule has 0 spiro atoms. The van der Waals surface area contributed by atoms with Crippen LogP contribution in [0.4, 0.5) is 0 Å². The molecule has 0 saturated heterocycles. The quantitative estimate of drug-likeness (QED) is 0.698. The van der Waals surface area contributed by atoms with Crippen molar-refractivity contribution in [2.45, 2.75) is 63.3 Å². The van der Waals surface area contributed by atoms with Crippen LogP contribution in [-0.4, -0.2) is 29.9 Å². The topological polar surface area (TPSA) is 66.4 Å². The molecule has 1 aliphatic rings. The van der Waals surface area contributed by atoms with E-state index in [-0.39, 0.29) is 14.9 Å². The molecule has 1 unspecified atom stereocenters. The van der Waals surface area contributed by atoms with Crippen LogP contribution in [0.5, 0.6) is 0 Å². The van der Waals surface area contributed by atoms with E-state index in [4.69, 9.17) is 11.6 Å². The monoisotopic (exact) mass is 341 g/mol. The average molecular weight is 342 g/mol. The smallest absolute Gasteiger partial charge is 0.246 e. The van der Waals surface area contributed by atoms with Gasteiger partial charge in [-0.3, -0.25) is 0 Å². The van der Waals surface area contributed by atoms with E-state index in [1.165, 1.54) is 0 Å². The number of hydrogen-bond donors (Lipinski definition) is 2. The van der Waals surface area contributed by atoms with Gasteiger partial charge in [-0.1, -0.05) is 44.5 Å². The van der Waals surface area contributed by atoms with Crippen LogP contribution >= 0.6 is 23.4 Å². The van der Waals surface area contributed by atoms with Crippen molar-refractivity contribution in [3.05, 3.63) is 10.3 Å². The third-order valence-electron chi connectivity index (χ3n) is 3.54. The number of sulfonamides is 1. The number of nitrogens with one attached hydrogen (secondary N) is 1. The summed E-state index contributed by atoms with van der Waals surface area (Å²) in [4.78, 5) is 0. The Bertz CT molecular complexity index is 453. The highest BCUT2D eigenvalue weighted by Gasteiger charge is 2.37. The van der Waals surface area contributed by atoms with Crippen LogP contribution < -0.4 is 4.72 Å². The molecule has 0 aromatic rings. The summed E-state index contributed by atoms with van der Waals surface area (Å²) in [7, 11) is -3.61. The largest absolute Gasteiger partial charge is 0.389 e. The number of rotatable bonds is 7. The number of aliphatic hydroxyl groups is 1. The second-order valence-electron chi connectivity index (χ2n) is 5.62. The van der Waals surface area contributed by atoms with E-state index < -0.39 is 21.7 Å². The van der Waals surface area contributed by atoms with E-state index in [1.807, 2.05) is 13.8 Å². The summed E-state index contributed by atoms with van der Waals surface area (Å²) in [5, 5.41) is 10.3. The summed E-state index contributed by atoms with van der Waals surface area (Å²) in [6, 6.07) is -0.515. The number of thioether (sulfide) groups is 1. The number of alkyl halides is 1. The van der Waals surface area contributed by atoms with E-state index in [0.717, 1.165) is 24.6 Å². The summed E-state index contributed by atoms with van der Waals surface area (Å²) in [6.45, 7) is 7.28. The average Bonchev–Trinajstić information content (AvgIpc) is 2.75. The summed E-state index contributed by atoms with van der Waals surface area (Å²) < 4.78 is 27.5. The van der Waals surface area contributed by atoms with Crippen LogP contribution in [0.15, 0.2) is 10.3 Å². The molecular weight excluding hydrogens is 318 g/mol. The van der Waals surface area contributed by atoms with Crippen molar-refractivity contribution < 1.29 is 13.5 Å². The second-order valence-corrected chi connectivity index (χ2v) is 9.59. The van der Waals surface area contributed by atoms with Gasteiger partial charge in [-0.25, -0.2) is 13.1 Å². The van der Waals surface area contributed by atoms with Gasteiger partial charge in [0.25, 0.3) is 0 Å². The molecule has 2 atom stereocenters. The Balaban J connectivity index is 2.95. The minimum atomic E-state index is -3.61. The molecule has 0 saturated carbocycles. The predicted molar refractivity (Wildman–Crippen MR) is 86.1 cm³/mol. The SMILES string of the molecule is CCC(CC)[C@H](NS(=O)(=O)C1=CCC(Cl)S1)C(C)(C)O. The van der Waals surface area contributed by atoms with E-state index in [2.05, 4.69) is 4.72 Å². The molecule has 7 heteroatoms. The van der Waals surface area contributed by atoms with Gasteiger partial charge in [0.1, 0.15) is 4.24 Å². The zero-order valence-corrected chi connectivity index (χ0v) is 14.8. The van der Waals surface area contributed by atoms with Crippen molar-refractivity contribution >= 4 is 33.4 Å². The highest BCUT2D eigenvalue weighted by atomic mass is 35.5. The molecule has 0 amide bonds. The zero-order valence-electron chi connectivity index (χ0n) is 12.4. The standard InChI is InChI=1S/C13H24ClNO3S2/c1-5-9(6-2)12(13(3,4)16)15-20(17,18)11-8-7-10(14)19-11/h8-10,12,15-16H,5-7H2,1-4H3/t10?,12-/m0/s1. The summed E-state index contributed by atoms with van der Waals surface area (Å²) in [5.74, 6) is 0.0866. The lowest BCUT2D eigenvalue weighted by Crippen LogP contribution is -2.53. The van der Waals surface area contributed by atoms with E-state index in [1.54, 1.807) is 19.9 Å². The molecule has 1 rings (SSSR count). The zero-order chi connectivity index (χ0) is 15.6. The van der Waals surface area contributed by atoms with Crippen LogP contribution in [0.3, 0.4) is 0 Å². The minimum absolute atomic E-state index is 0.0866. The van der Waals surface area contributed by atoms with Gasteiger partial charge in [0, 0.05) is 0 Å². The second kappa shape index (κ2) is 7.01. The van der Waals surface area contributed by atoms with E-state index >= 15 is 0 Å². The Morgan fingerprint density at radius 2 is 2.05 bits per heavy atom. The van der Waals surface area contributed by atoms with Gasteiger partial charge in [-0.15, -0.1) is 11.6 Å². The lowest BCUT2D eigenvalue weighted by Gasteiger charge is -2.35. The highest BCUT2D eigenvalue weighted by molar-refractivity contribution is 8.19. The predicted octanol–water partition coefficient (Wildman–Crippen LogP) is 3.02. The van der Waals surface area contributed by atoms with Crippen molar-refractivity contribution in [3.8, 4) is 0 Å². The fourth-order valence-corrected chi connectivity index (χ4v) is 5.81. The lowest BCUT2D eigenvalue weighted by atomic mass is 9.84. The molecule has 118 valence electrons. The third kappa shape index (κ3) is 4.63. The van der Waals surface area contributed by atoms with Gasteiger partial charge in [0.15, 0.2) is 0 Å². The highest BCUT2D eigenvalue weighted by Crippen LogP contribution is 2.38. The Labute approximate surface area is 131 Å². The first-order valence-electron chi connectivity index (χ1n) is 6.87. The molecule has 1 aliphatic heterocycles. The fraction of sp³-hybridized carbons (Fsp3) is 0.846. The molecule has 0 radical (unpaired) electrons. The third-order valence-corrected chi connectivity index (χ3v) is 7.04. The number of hydrogen-bond acceptors (Lipinski definition) is 4. The fourth-order valence-electron chi connectivity index (χ4n) is 2.39. The normalized spacial score (nSPS) is 22.1. The number of allylic oxidation sites excluding steroid dienone is 1. The van der Waals surface area contributed by atoms with Crippen molar-refractivity contribution in [3.63, 3.8) is 0 Å². The molecule has 1 heterocycles. The maximum atomic E-state index is 12.4. The Morgan fingerprint density at radius 3 is 2.40 bits per heavy atom. The van der Waals surface area contributed by atoms with Crippen LogP contribution in [-0.2, 0) is 10.0 Å². The van der Waals surface area contributed by atoms with Gasteiger partial charge in [-0.2, -0.15) is 0 Å². The van der Waals surface area contributed by atoms with Crippen molar-refractivity contribution in [2.24, 2.45) is 5.92 Å². The maximum Gasteiger partial charge on any atom is 0.246 e. The van der Waals surface area contributed by atoms with Crippen molar-refractivity contribution in [2.75, 3.05) is 0 Å². The Kier molecular flexibility index (Phi) is 6.41. The van der Waals surface area contributed by atoms with Gasteiger partial charge in [-0.05, 0) is 26.2 Å². The molecule has 0 aliphatic carbocycles. The molecule has 2 N–H and O–H groups in total. The Morgan fingerprint density at radius 1 is 1.50 bits per heavy atom. The van der Waals surface area contributed by atoms with Crippen LogP contribution in [0, 0.1) is 5.92 Å². The van der Waals surface area contributed by atoms with Gasteiger partial charge < -0.3 is 5.11 Å². The summed E-state index contributed by atoms with van der Waals surface area (Å²) >= 11 is 7.07. The van der Waals surface area contributed by atoms with E-state index in [9.17, 15) is 13.5 Å².